The molecule has 0 radical (unpaired) electrons. The second kappa shape index (κ2) is 6.19. The van der Waals surface area contributed by atoms with Crippen molar-refractivity contribution in [3.05, 3.63) is 45.3 Å². The molecule has 2 aromatic rings. The largest absolute Gasteiger partial charge is 0.354 e. The van der Waals surface area contributed by atoms with Gasteiger partial charge in [-0.05, 0) is 24.8 Å². The Morgan fingerprint density at radius 2 is 2.39 bits per heavy atom. The van der Waals surface area contributed by atoms with Crippen molar-refractivity contribution in [3.8, 4) is 5.82 Å². The third-order valence-electron chi connectivity index (χ3n) is 3.92. The number of azide groups is 1. The molecule has 10 nitrogen and oxygen atoms in total. The van der Waals surface area contributed by atoms with Crippen molar-refractivity contribution in [2.75, 3.05) is 6.54 Å². The van der Waals surface area contributed by atoms with Crippen molar-refractivity contribution in [1.29, 1.82) is 0 Å². The standard InChI is InChI=1S/C13H16N8O2/c1-8-3-11(23-10(8)4-16-19-14)20-5-9(2)12(18-13(20)22)21-7-15-6-17-21/h5-8,10-11H,3-4H2,1-2H3/t8-,10+,11?/m0/s1. The summed E-state index contributed by atoms with van der Waals surface area (Å²) < 4.78 is 8.77. The molecule has 3 heterocycles. The Balaban J connectivity index is 1.88. The zero-order valence-corrected chi connectivity index (χ0v) is 12.8. The van der Waals surface area contributed by atoms with Gasteiger partial charge in [-0.2, -0.15) is 10.1 Å². The first kappa shape index (κ1) is 15.2. The van der Waals surface area contributed by atoms with E-state index in [2.05, 4.69) is 25.1 Å². The van der Waals surface area contributed by atoms with Gasteiger partial charge < -0.3 is 4.74 Å². The van der Waals surface area contributed by atoms with Gasteiger partial charge in [0.25, 0.3) is 0 Å². The molecule has 3 atom stereocenters. The zero-order valence-electron chi connectivity index (χ0n) is 12.8. The van der Waals surface area contributed by atoms with E-state index < -0.39 is 11.9 Å². The first-order valence-electron chi connectivity index (χ1n) is 7.21. The molecule has 0 aromatic carbocycles. The van der Waals surface area contributed by atoms with Crippen LogP contribution in [0, 0.1) is 12.8 Å². The van der Waals surface area contributed by atoms with Crippen LogP contribution in [0.15, 0.2) is 28.8 Å². The fourth-order valence-corrected chi connectivity index (χ4v) is 2.69. The van der Waals surface area contributed by atoms with Crippen LogP contribution in [-0.4, -0.2) is 37.0 Å². The zero-order chi connectivity index (χ0) is 16.4. The summed E-state index contributed by atoms with van der Waals surface area (Å²) in [6.45, 7) is 4.11. The van der Waals surface area contributed by atoms with E-state index in [1.54, 1.807) is 6.20 Å². The van der Waals surface area contributed by atoms with Crippen molar-refractivity contribution in [2.24, 2.45) is 11.0 Å². The molecule has 1 aliphatic rings. The molecule has 1 saturated heterocycles. The lowest BCUT2D eigenvalue weighted by Crippen LogP contribution is -2.29. The summed E-state index contributed by atoms with van der Waals surface area (Å²) in [5.41, 5.74) is 8.79. The highest BCUT2D eigenvalue weighted by atomic mass is 16.5. The van der Waals surface area contributed by atoms with Crippen molar-refractivity contribution in [2.45, 2.75) is 32.6 Å². The highest BCUT2D eigenvalue weighted by molar-refractivity contribution is 5.28. The Bertz CT molecular complexity index is 793. The fourth-order valence-electron chi connectivity index (χ4n) is 2.69. The summed E-state index contributed by atoms with van der Waals surface area (Å²) in [5, 5.41) is 7.54. The average Bonchev–Trinajstić information content (AvgIpc) is 3.17. The van der Waals surface area contributed by atoms with Gasteiger partial charge in [0, 0.05) is 16.7 Å². The minimum Gasteiger partial charge on any atom is -0.354 e. The maximum atomic E-state index is 12.3. The first-order valence-corrected chi connectivity index (χ1v) is 7.21. The van der Waals surface area contributed by atoms with Gasteiger partial charge in [0.1, 0.15) is 18.9 Å². The molecule has 2 aromatic heterocycles. The summed E-state index contributed by atoms with van der Waals surface area (Å²) in [5.74, 6) is 0.633. The van der Waals surface area contributed by atoms with Gasteiger partial charge in [0.05, 0.1) is 12.6 Å². The Labute approximate surface area is 131 Å². The van der Waals surface area contributed by atoms with Crippen LogP contribution in [0.1, 0.15) is 25.1 Å². The van der Waals surface area contributed by atoms with Crippen molar-refractivity contribution in [3.63, 3.8) is 0 Å². The van der Waals surface area contributed by atoms with E-state index in [0.29, 0.717) is 12.2 Å². The fraction of sp³-hybridized carbons (Fsp3) is 0.538. The van der Waals surface area contributed by atoms with Crippen molar-refractivity contribution >= 4 is 0 Å². The first-order chi connectivity index (χ1) is 11.1. The molecule has 23 heavy (non-hydrogen) atoms. The molecule has 1 fully saturated rings. The van der Waals surface area contributed by atoms with Crippen LogP contribution >= 0.6 is 0 Å². The number of ether oxygens (including phenoxy) is 1. The van der Waals surface area contributed by atoms with Gasteiger partial charge in [0.2, 0.25) is 0 Å². The number of aromatic nitrogens is 5. The van der Waals surface area contributed by atoms with Crippen LogP contribution in [0.2, 0.25) is 0 Å². The van der Waals surface area contributed by atoms with Gasteiger partial charge in [0.15, 0.2) is 5.82 Å². The number of aryl methyl sites for hydroxylation is 1. The maximum Gasteiger partial charge on any atom is 0.351 e. The molecule has 1 aliphatic heterocycles. The summed E-state index contributed by atoms with van der Waals surface area (Å²) in [4.78, 5) is 23.0. The smallest absolute Gasteiger partial charge is 0.351 e. The second-order valence-electron chi connectivity index (χ2n) is 5.53. The van der Waals surface area contributed by atoms with Crippen LogP contribution < -0.4 is 5.69 Å². The third kappa shape index (κ3) is 2.94. The van der Waals surface area contributed by atoms with E-state index in [0.717, 1.165) is 5.56 Å². The monoisotopic (exact) mass is 316 g/mol. The highest BCUT2D eigenvalue weighted by Crippen LogP contribution is 2.32. The lowest BCUT2D eigenvalue weighted by atomic mass is 10.0. The minimum atomic E-state index is -0.414. The summed E-state index contributed by atoms with van der Waals surface area (Å²) in [7, 11) is 0. The minimum absolute atomic E-state index is 0.188. The summed E-state index contributed by atoms with van der Waals surface area (Å²) in [6, 6.07) is 0. The molecule has 3 rings (SSSR count). The third-order valence-corrected chi connectivity index (χ3v) is 3.92. The lowest BCUT2D eigenvalue weighted by Gasteiger charge is -2.16. The van der Waals surface area contributed by atoms with Crippen LogP contribution in [0.5, 0.6) is 0 Å². The van der Waals surface area contributed by atoms with Crippen LogP contribution in [0.25, 0.3) is 16.3 Å². The Kier molecular flexibility index (Phi) is 4.09. The van der Waals surface area contributed by atoms with Crippen molar-refractivity contribution in [1.82, 2.24) is 24.3 Å². The van der Waals surface area contributed by atoms with Gasteiger partial charge in [-0.15, -0.1) is 0 Å². The molecule has 0 amide bonds. The molecule has 120 valence electrons. The lowest BCUT2D eigenvalue weighted by molar-refractivity contribution is -0.00153. The van der Waals surface area contributed by atoms with E-state index in [1.807, 2.05) is 13.8 Å². The molecular weight excluding hydrogens is 300 g/mol. The quantitative estimate of drug-likeness (QED) is 0.478. The second-order valence-corrected chi connectivity index (χ2v) is 5.53. The summed E-state index contributed by atoms with van der Waals surface area (Å²) >= 11 is 0. The summed E-state index contributed by atoms with van der Waals surface area (Å²) in [6.07, 6.45) is 4.64. The number of rotatable bonds is 4. The molecular formula is C13H16N8O2. The average molecular weight is 316 g/mol. The molecule has 1 unspecified atom stereocenters. The predicted octanol–water partition coefficient (Wildman–Crippen LogP) is 1.37. The molecule has 0 saturated carbocycles. The van der Waals surface area contributed by atoms with E-state index in [1.165, 1.54) is 21.9 Å². The number of hydrogen-bond acceptors (Lipinski definition) is 6. The molecule has 0 bridgehead atoms. The molecule has 0 spiro atoms. The normalized spacial score (nSPS) is 23.7. The van der Waals surface area contributed by atoms with Gasteiger partial charge in [-0.25, -0.2) is 14.5 Å². The SMILES string of the molecule is Cc1cn(C2C[C@H](C)[C@@H](CN=[N+]=[N-])O2)c(=O)nc1-n1cncn1. The maximum absolute atomic E-state index is 12.3. The van der Waals surface area contributed by atoms with Crippen LogP contribution in [0.3, 0.4) is 0 Å². The van der Waals surface area contributed by atoms with Gasteiger partial charge in [-0.1, -0.05) is 12.0 Å². The number of hydrogen-bond donors (Lipinski definition) is 0. The van der Waals surface area contributed by atoms with Crippen LogP contribution in [-0.2, 0) is 4.74 Å². The topological polar surface area (TPSA) is 124 Å². The molecule has 10 heteroatoms. The van der Waals surface area contributed by atoms with E-state index >= 15 is 0 Å². The Hall–Kier alpha value is -2.71. The number of nitrogens with zero attached hydrogens (tertiary/aromatic N) is 8. The van der Waals surface area contributed by atoms with E-state index in [9.17, 15) is 4.79 Å². The Morgan fingerprint density at radius 3 is 3.09 bits per heavy atom. The van der Waals surface area contributed by atoms with Crippen molar-refractivity contribution < 1.29 is 4.74 Å². The predicted molar refractivity (Wildman–Crippen MR) is 79.9 cm³/mol. The highest BCUT2D eigenvalue weighted by Gasteiger charge is 2.33. The van der Waals surface area contributed by atoms with Gasteiger partial charge in [-0.3, -0.25) is 4.57 Å². The van der Waals surface area contributed by atoms with E-state index in [4.69, 9.17) is 10.3 Å². The Morgan fingerprint density at radius 1 is 1.57 bits per heavy atom. The van der Waals surface area contributed by atoms with Crippen LogP contribution in [0.4, 0.5) is 0 Å². The molecule has 0 N–H and O–H groups in total. The van der Waals surface area contributed by atoms with E-state index in [-0.39, 0.29) is 18.6 Å². The van der Waals surface area contributed by atoms with Gasteiger partial charge >= 0.3 is 5.69 Å². The molecule has 0 aliphatic carbocycles.